The van der Waals surface area contributed by atoms with Crippen LogP contribution in [0.4, 0.5) is 5.13 Å². The average Bonchev–Trinajstić information content (AvgIpc) is 3.38. The number of carbonyl (C=O) groups is 2. The molecule has 28 heavy (non-hydrogen) atoms. The summed E-state index contributed by atoms with van der Waals surface area (Å²) in [6, 6.07) is 4.85. The van der Waals surface area contributed by atoms with Gasteiger partial charge < -0.3 is 9.15 Å². The second-order valence-electron chi connectivity index (χ2n) is 6.28. The molecule has 0 atom stereocenters. The molecular weight excluding hydrogens is 402 g/mol. The Balaban J connectivity index is 1.62. The van der Waals surface area contributed by atoms with Gasteiger partial charge in [0.1, 0.15) is 10.0 Å². The van der Waals surface area contributed by atoms with Gasteiger partial charge >= 0.3 is 0 Å². The molecule has 4 heterocycles. The number of pyridine rings is 1. The SMILES string of the molecule is O=C(Nc1nc(-c2ccoc2)c(C(=O)C2CCOCC2)s1)c1ccc(Cl)nc1. The molecule has 0 aliphatic carbocycles. The monoisotopic (exact) mass is 417 g/mol. The van der Waals surface area contributed by atoms with E-state index in [-0.39, 0.29) is 17.6 Å². The Morgan fingerprint density at radius 3 is 2.71 bits per heavy atom. The van der Waals surface area contributed by atoms with E-state index >= 15 is 0 Å². The fraction of sp³-hybridized carbons (Fsp3) is 0.263. The first-order chi connectivity index (χ1) is 13.6. The van der Waals surface area contributed by atoms with Crippen LogP contribution in [0.5, 0.6) is 0 Å². The highest BCUT2D eigenvalue weighted by molar-refractivity contribution is 7.18. The van der Waals surface area contributed by atoms with Crippen LogP contribution < -0.4 is 5.32 Å². The van der Waals surface area contributed by atoms with Gasteiger partial charge in [-0.25, -0.2) is 9.97 Å². The highest BCUT2D eigenvalue weighted by Gasteiger charge is 2.28. The topological polar surface area (TPSA) is 94.3 Å². The van der Waals surface area contributed by atoms with Crippen molar-refractivity contribution < 1.29 is 18.7 Å². The van der Waals surface area contributed by atoms with Crippen LogP contribution in [0.25, 0.3) is 11.3 Å². The Kier molecular flexibility index (Phi) is 5.52. The number of rotatable bonds is 5. The minimum absolute atomic E-state index is 0.0191. The van der Waals surface area contributed by atoms with Crippen molar-refractivity contribution in [2.75, 3.05) is 18.5 Å². The molecule has 0 radical (unpaired) electrons. The van der Waals surface area contributed by atoms with Gasteiger partial charge in [-0.2, -0.15) is 0 Å². The molecule has 1 saturated heterocycles. The third-order valence-electron chi connectivity index (χ3n) is 4.45. The molecule has 4 rings (SSSR count). The van der Waals surface area contributed by atoms with Crippen molar-refractivity contribution >= 4 is 39.8 Å². The summed E-state index contributed by atoms with van der Waals surface area (Å²) < 4.78 is 10.5. The number of thiazole rings is 1. The molecule has 144 valence electrons. The number of anilines is 1. The lowest BCUT2D eigenvalue weighted by Gasteiger charge is -2.20. The van der Waals surface area contributed by atoms with Crippen LogP contribution >= 0.6 is 22.9 Å². The Bertz CT molecular complexity index is 979. The van der Waals surface area contributed by atoms with Gasteiger partial charge in [0.15, 0.2) is 10.9 Å². The largest absolute Gasteiger partial charge is 0.472 e. The second-order valence-corrected chi connectivity index (χ2v) is 7.67. The third kappa shape index (κ3) is 3.99. The number of hydrogen-bond donors (Lipinski definition) is 1. The number of amides is 1. The van der Waals surface area contributed by atoms with E-state index in [2.05, 4.69) is 15.3 Å². The van der Waals surface area contributed by atoms with E-state index in [0.717, 1.165) is 11.3 Å². The third-order valence-corrected chi connectivity index (χ3v) is 5.66. The van der Waals surface area contributed by atoms with E-state index in [0.29, 0.717) is 58.0 Å². The van der Waals surface area contributed by atoms with E-state index in [1.54, 1.807) is 12.1 Å². The number of furan rings is 1. The van der Waals surface area contributed by atoms with Crippen LogP contribution in [-0.2, 0) is 4.74 Å². The fourth-order valence-electron chi connectivity index (χ4n) is 2.96. The molecule has 0 aromatic carbocycles. The Morgan fingerprint density at radius 2 is 2.04 bits per heavy atom. The standard InChI is InChI=1S/C19H16ClN3O4S/c20-14-2-1-12(9-21-14)18(25)23-19-22-15(13-5-8-27-10-13)17(28-19)16(24)11-3-6-26-7-4-11/h1-2,5,8-11H,3-4,6-7H2,(H,22,23,25). The molecule has 1 fully saturated rings. The summed E-state index contributed by atoms with van der Waals surface area (Å²) in [5, 5.41) is 3.38. The lowest BCUT2D eigenvalue weighted by atomic mass is 9.93. The maximum Gasteiger partial charge on any atom is 0.259 e. The van der Waals surface area contributed by atoms with Crippen LogP contribution in [0.3, 0.4) is 0 Å². The van der Waals surface area contributed by atoms with Gasteiger partial charge in [-0.1, -0.05) is 22.9 Å². The van der Waals surface area contributed by atoms with E-state index < -0.39 is 0 Å². The predicted octanol–water partition coefficient (Wildman–Crippen LogP) is 4.31. The van der Waals surface area contributed by atoms with Crippen molar-refractivity contribution in [3.8, 4) is 11.3 Å². The molecule has 1 aliphatic heterocycles. The molecule has 0 spiro atoms. The van der Waals surface area contributed by atoms with Crippen molar-refractivity contribution in [2.45, 2.75) is 12.8 Å². The van der Waals surface area contributed by atoms with E-state index in [4.69, 9.17) is 20.8 Å². The second kappa shape index (κ2) is 8.22. The molecular formula is C19H16ClN3O4S. The van der Waals surface area contributed by atoms with Crippen molar-refractivity contribution in [3.05, 3.63) is 52.5 Å². The smallest absolute Gasteiger partial charge is 0.259 e. The van der Waals surface area contributed by atoms with Crippen LogP contribution in [0, 0.1) is 5.92 Å². The summed E-state index contributed by atoms with van der Waals surface area (Å²) in [4.78, 5) is 34.4. The molecule has 1 aliphatic rings. The van der Waals surface area contributed by atoms with Crippen molar-refractivity contribution in [1.29, 1.82) is 0 Å². The van der Waals surface area contributed by atoms with E-state index in [1.807, 2.05) is 0 Å². The van der Waals surface area contributed by atoms with Gasteiger partial charge in [0.05, 0.1) is 23.8 Å². The van der Waals surface area contributed by atoms with Crippen molar-refractivity contribution in [1.82, 2.24) is 9.97 Å². The van der Waals surface area contributed by atoms with Crippen molar-refractivity contribution in [2.24, 2.45) is 5.92 Å². The van der Waals surface area contributed by atoms with Crippen LogP contribution in [0.1, 0.15) is 32.9 Å². The number of Topliss-reactive ketones (excluding diaryl/α,β-unsaturated/α-hetero) is 1. The minimum Gasteiger partial charge on any atom is -0.472 e. The number of hydrogen-bond acceptors (Lipinski definition) is 7. The summed E-state index contributed by atoms with van der Waals surface area (Å²) in [5.74, 6) is -0.462. The number of ether oxygens (including phenoxy) is 1. The Labute approximate surface area is 169 Å². The Morgan fingerprint density at radius 1 is 1.21 bits per heavy atom. The maximum atomic E-state index is 13.1. The number of ketones is 1. The summed E-state index contributed by atoms with van der Waals surface area (Å²) in [6.07, 6.45) is 5.80. The number of halogens is 1. The Hall–Kier alpha value is -2.55. The lowest BCUT2D eigenvalue weighted by molar-refractivity contribution is 0.0548. The average molecular weight is 418 g/mol. The number of aromatic nitrogens is 2. The van der Waals surface area contributed by atoms with Crippen LogP contribution in [-0.4, -0.2) is 34.9 Å². The van der Waals surface area contributed by atoms with E-state index in [9.17, 15) is 9.59 Å². The molecule has 9 heteroatoms. The molecule has 0 unspecified atom stereocenters. The highest BCUT2D eigenvalue weighted by atomic mass is 35.5. The zero-order chi connectivity index (χ0) is 19.5. The molecule has 3 aromatic rings. The molecule has 0 bridgehead atoms. The number of nitrogens with one attached hydrogen (secondary N) is 1. The maximum absolute atomic E-state index is 13.1. The predicted molar refractivity (Wildman–Crippen MR) is 105 cm³/mol. The van der Waals surface area contributed by atoms with Gasteiger partial charge in [-0.3, -0.25) is 14.9 Å². The first-order valence-corrected chi connectivity index (χ1v) is 9.89. The first kappa shape index (κ1) is 18.8. The van der Waals surface area contributed by atoms with Crippen molar-refractivity contribution in [3.63, 3.8) is 0 Å². The molecule has 1 N–H and O–H groups in total. The molecule has 7 nitrogen and oxygen atoms in total. The highest BCUT2D eigenvalue weighted by Crippen LogP contribution is 2.35. The molecule has 1 amide bonds. The summed E-state index contributed by atoms with van der Waals surface area (Å²) in [6.45, 7) is 1.15. The zero-order valence-corrected chi connectivity index (χ0v) is 16.3. The normalized spacial score (nSPS) is 14.8. The van der Waals surface area contributed by atoms with Gasteiger partial charge in [0, 0.05) is 30.9 Å². The van der Waals surface area contributed by atoms with Crippen LogP contribution in [0.15, 0.2) is 41.3 Å². The van der Waals surface area contributed by atoms with Gasteiger partial charge in [-0.05, 0) is 31.0 Å². The minimum atomic E-state index is -0.373. The lowest BCUT2D eigenvalue weighted by Crippen LogP contribution is -2.23. The molecule has 3 aromatic heterocycles. The number of nitrogens with zero attached hydrogens (tertiary/aromatic N) is 2. The summed E-state index contributed by atoms with van der Waals surface area (Å²) in [7, 11) is 0. The summed E-state index contributed by atoms with van der Waals surface area (Å²) >= 11 is 6.92. The first-order valence-electron chi connectivity index (χ1n) is 8.70. The number of carbonyl (C=O) groups excluding carboxylic acids is 2. The summed E-state index contributed by atoms with van der Waals surface area (Å²) in [5.41, 5.74) is 1.56. The zero-order valence-electron chi connectivity index (χ0n) is 14.7. The van der Waals surface area contributed by atoms with Gasteiger partial charge in [-0.15, -0.1) is 0 Å². The quantitative estimate of drug-likeness (QED) is 0.491. The molecule has 0 saturated carbocycles. The fourth-order valence-corrected chi connectivity index (χ4v) is 4.07. The van der Waals surface area contributed by atoms with Gasteiger partial charge in [0.2, 0.25) is 0 Å². The van der Waals surface area contributed by atoms with Crippen LogP contribution in [0.2, 0.25) is 5.15 Å². The van der Waals surface area contributed by atoms with Gasteiger partial charge in [0.25, 0.3) is 5.91 Å². The van der Waals surface area contributed by atoms with E-state index in [1.165, 1.54) is 24.8 Å².